The first-order chi connectivity index (χ1) is 30.2. The summed E-state index contributed by atoms with van der Waals surface area (Å²) >= 11 is 0. The number of benzene rings is 9. The van der Waals surface area contributed by atoms with Crippen molar-refractivity contribution in [2.45, 2.75) is 0 Å². The summed E-state index contributed by atoms with van der Waals surface area (Å²) in [5, 5.41) is 7.89. The van der Waals surface area contributed by atoms with Gasteiger partial charge in [-0.1, -0.05) is 164 Å². The van der Waals surface area contributed by atoms with E-state index in [2.05, 4.69) is 211 Å². The fraction of sp³-hybridized carbons (Fsp3) is 0. The number of hydrogen-bond acceptors (Lipinski definition) is 4. The van der Waals surface area contributed by atoms with Crippen LogP contribution in [-0.4, -0.2) is 24.5 Å². The van der Waals surface area contributed by atoms with E-state index < -0.39 is 0 Å². The van der Waals surface area contributed by atoms with Gasteiger partial charge in [0.1, 0.15) is 5.82 Å². The third-order valence-electron chi connectivity index (χ3n) is 11.7. The molecular weight excluding hydrogens is 743 g/mol. The first-order valence-electron chi connectivity index (χ1n) is 20.5. The largest absolute Gasteiger partial charge is 0.292 e. The summed E-state index contributed by atoms with van der Waals surface area (Å²) in [5.41, 5.74) is 11.5. The molecule has 9 aromatic carbocycles. The smallest absolute Gasteiger partial charge is 0.160 e. The van der Waals surface area contributed by atoms with Gasteiger partial charge in [0.25, 0.3) is 0 Å². The van der Waals surface area contributed by atoms with Crippen LogP contribution >= 0.6 is 0 Å². The molecule has 0 aliphatic heterocycles. The maximum atomic E-state index is 5.50. The summed E-state index contributed by atoms with van der Waals surface area (Å²) in [5.74, 6) is 1.55. The van der Waals surface area contributed by atoms with Gasteiger partial charge in [0.2, 0.25) is 0 Å². The number of nitrogens with zero attached hydrogens (tertiary/aromatic N) is 5. The lowest BCUT2D eigenvalue weighted by Gasteiger charge is -2.14. The highest BCUT2D eigenvalue weighted by Crippen LogP contribution is 2.41. The van der Waals surface area contributed by atoms with E-state index in [-0.39, 0.29) is 0 Å². The second kappa shape index (κ2) is 14.2. The maximum Gasteiger partial charge on any atom is 0.160 e. The van der Waals surface area contributed by atoms with Crippen LogP contribution in [-0.2, 0) is 0 Å². The van der Waals surface area contributed by atoms with E-state index in [1.807, 2.05) is 6.07 Å². The molecule has 0 fully saturated rings. The molecule has 0 bridgehead atoms. The fourth-order valence-electron chi connectivity index (χ4n) is 8.79. The number of imidazole rings is 1. The zero-order chi connectivity index (χ0) is 40.3. The van der Waals surface area contributed by atoms with Gasteiger partial charge in [-0.05, 0) is 75.5 Å². The molecule has 12 aromatic rings. The standard InChI is InChI=1S/C56H35N5/c1-3-16-38(17-4-1)56-60-54-51(61(56)45-22-5-2-6-23-45)31-30-47-46-24-11-12-25-48(46)57-53(52(47)54)43-21-13-20-41(34-43)49-35-50(42-28-26-36-14-7-9-18-39(36)32-42)59-55(58-49)44-29-27-37-15-8-10-19-40(37)33-44/h1-35H. The second-order valence-corrected chi connectivity index (χ2v) is 15.5. The van der Waals surface area contributed by atoms with Crippen molar-refractivity contribution in [3.63, 3.8) is 0 Å². The van der Waals surface area contributed by atoms with Gasteiger partial charge in [-0.2, -0.15) is 0 Å². The van der Waals surface area contributed by atoms with Crippen LogP contribution in [0.15, 0.2) is 212 Å². The van der Waals surface area contributed by atoms with E-state index in [1.54, 1.807) is 0 Å². The highest BCUT2D eigenvalue weighted by atomic mass is 15.1. The average Bonchev–Trinajstić information content (AvgIpc) is 3.74. The quantitative estimate of drug-likeness (QED) is 0.158. The van der Waals surface area contributed by atoms with Crippen LogP contribution < -0.4 is 0 Å². The Hall–Kier alpha value is -8.28. The zero-order valence-electron chi connectivity index (χ0n) is 32.9. The Morgan fingerprint density at radius 3 is 1.69 bits per heavy atom. The van der Waals surface area contributed by atoms with Crippen molar-refractivity contribution in [2.24, 2.45) is 0 Å². The predicted molar refractivity (Wildman–Crippen MR) is 252 cm³/mol. The first-order valence-corrected chi connectivity index (χ1v) is 20.5. The number of aromatic nitrogens is 5. The summed E-state index contributed by atoms with van der Waals surface area (Å²) in [7, 11) is 0. The minimum atomic E-state index is 0.674. The van der Waals surface area contributed by atoms with E-state index in [4.69, 9.17) is 19.9 Å². The van der Waals surface area contributed by atoms with Crippen molar-refractivity contribution < 1.29 is 0 Å². The number of pyridine rings is 1. The van der Waals surface area contributed by atoms with Crippen molar-refractivity contribution in [3.8, 4) is 62.2 Å². The Labute approximate surface area is 351 Å². The molecule has 0 amide bonds. The van der Waals surface area contributed by atoms with Gasteiger partial charge in [0.05, 0.1) is 33.6 Å². The summed E-state index contributed by atoms with van der Waals surface area (Å²) in [6, 6.07) is 74.4. The van der Waals surface area contributed by atoms with Crippen molar-refractivity contribution in [1.82, 2.24) is 24.5 Å². The predicted octanol–water partition coefficient (Wildman–Crippen LogP) is 14.2. The van der Waals surface area contributed by atoms with Gasteiger partial charge in [-0.25, -0.2) is 19.9 Å². The number of fused-ring (bicyclic) bond motifs is 7. The van der Waals surface area contributed by atoms with Crippen molar-refractivity contribution in [1.29, 1.82) is 0 Å². The van der Waals surface area contributed by atoms with Crippen LogP contribution in [0.2, 0.25) is 0 Å². The number of hydrogen-bond donors (Lipinski definition) is 0. The van der Waals surface area contributed by atoms with Crippen LogP contribution in [0.25, 0.3) is 116 Å². The average molecular weight is 778 g/mol. The van der Waals surface area contributed by atoms with Gasteiger partial charge >= 0.3 is 0 Å². The molecule has 61 heavy (non-hydrogen) atoms. The van der Waals surface area contributed by atoms with Crippen LogP contribution in [0.4, 0.5) is 0 Å². The summed E-state index contributed by atoms with van der Waals surface area (Å²) < 4.78 is 2.27. The molecule has 0 saturated carbocycles. The van der Waals surface area contributed by atoms with E-state index in [1.165, 1.54) is 16.2 Å². The Kier molecular flexibility index (Phi) is 8.10. The monoisotopic (exact) mass is 777 g/mol. The molecule has 5 heteroatoms. The van der Waals surface area contributed by atoms with E-state index >= 15 is 0 Å². The molecule has 5 nitrogen and oxygen atoms in total. The zero-order valence-corrected chi connectivity index (χ0v) is 32.9. The van der Waals surface area contributed by atoms with Crippen LogP contribution in [0, 0.1) is 0 Å². The van der Waals surface area contributed by atoms with Crippen LogP contribution in [0.3, 0.4) is 0 Å². The summed E-state index contributed by atoms with van der Waals surface area (Å²) in [6.07, 6.45) is 0. The third kappa shape index (κ3) is 6.02. The lowest BCUT2D eigenvalue weighted by molar-refractivity contribution is 1.10. The Bertz CT molecular complexity index is 3550. The molecule has 0 unspecified atom stereocenters. The van der Waals surface area contributed by atoms with Gasteiger partial charge in [-0.3, -0.25) is 4.57 Å². The molecule has 3 heterocycles. The van der Waals surface area contributed by atoms with E-state index in [9.17, 15) is 0 Å². The van der Waals surface area contributed by atoms with Gasteiger partial charge in [0, 0.05) is 44.3 Å². The number of para-hydroxylation sites is 2. The van der Waals surface area contributed by atoms with Gasteiger partial charge in [-0.15, -0.1) is 0 Å². The van der Waals surface area contributed by atoms with Crippen LogP contribution in [0.5, 0.6) is 0 Å². The minimum absolute atomic E-state index is 0.674. The van der Waals surface area contributed by atoms with Crippen molar-refractivity contribution in [2.75, 3.05) is 0 Å². The molecule has 0 N–H and O–H groups in total. The molecule has 0 saturated heterocycles. The molecular formula is C56H35N5. The molecule has 3 aromatic heterocycles. The third-order valence-corrected chi connectivity index (χ3v) is 11.7. The minimum Gasteiger partial charge on any atom is -0.292 e. The van der Waals surface area contributed by atoms with Crippen molar-refractivity contribution in [3.05, 3.63) is 212 Å². The Morgan fingerprint density at radius 2 is 0.934 bits per heavy atom. The molecule has 0 aliphatic carbocycles. The lowest BCUT2D eigenvalue weighted by Crippen LogP contribution is -1.97. The normalized spacial score (nSPS) is 11.6. The Balaban J connectivity index is 1.09. The number of rotatable bonds is 6. The molecule has 0 spiro atoms. The SMILES string of the molecule is c1ccc(-c2nc3c4c(-c5cccc(-c6cc(-c7ccc8ccccc8c7)nc(-c7ccc8ccccc8c7)n6)c5)nc5ccccc5c4ccc3n2-c2ccccc2)cc1. The molecule has 0 radical (unpaired) electrons. The Morgan fingerprint density at radius 1 is 0.344 bits per heavy atom. The topological polar surface area (TPSA) is 56.5 Å². The highest BCUT2D eigenvalue weighted by Gasteiger charge is 2.21. The maximum absolute atomic E-state index is 5.50. The molecule has 284 valence electrons. The van der Waals surface area contributed by atoms with E-state index in [0.717, 1.165) is 94.5 Å². The second-order valence-electron chi connectivity index (χ2n) is 15.5. The molecule has 0 aliphatic rings. The lowest BCUT2D eigenvalue weighted by atomic mass is 9.97. The summed E-state index contributed by atoms with van der Waals surface area (Å²) in [4.78, 5) is 21.5. The molecule has 0 atom stereocenters. The van der Waals surface area contributed by atoms with Crippen LogP contribution in [0.1, 0.15) is 0 Å². The first kappa shape index (κ1) is 34.7. The molecule has 12 rings (SSSR count). The van der Waals surface area contributed by atoms with Gasteiger partial charge < -0.3 is 0 Å². The van der Waals surface area contributed by atoms with E-state index in [0.29, 0.717) is 5.82 Å². The highest BCUT2D eigenvalue weighted by molar-refractivity contribution is 6.20. The van der Waals surface area contributed by atoms with Crippen molar-refractivity contribution >= 4 is 54.3 Å². The fourth-order valence-corrected chi connectivity index (χ4v) is 8.79. The summed E-state index contributed by atoms with van der Waals surface area (Å²) in [6.45, 7) is 0. The van der Waals surface area contributed by atoms with Gasteiger partial charge in [0.15, 0.2) is 5.82 Å².